The lowest BCUT2D eigenvalue weighted by Crippen LogP contribution is -2.38. The number of carbonyl (C=O) groups is 1. The Balaban J connectivity index is 1.27. The predicted octanol–water partition coefficient (Wildman–Crippen LogP) is 4.18. The Morgan fingerprint density at radius 3 is 2.72 bits per heavy atom. The Labute approximate surface area is 185 Å². The van der Waals surface area contributed by atoms with Crippen LogP contribution < -0.4 is 0 Å². The van der Waals surface area contributed by atoms with Gasteiger partial charge in [-0.1, -0.05) is 12.1 Å². The number of amides is 1. The molecule has 4 aromatic rings. The van der Waals surface area contributed by atoms with Gasteiger partial charge in [0.05, 0.1) is 0 Å². The van der Waals surface area contributed by atoms with Crippen LogP contribution in [0.15, 0.2) is 61.1 Å². The highest BCUT2D eigenvalue weighted by molar-refractivity contribution is 5.92. The van der Waals surface area contributed by atoms with E-state index in [-0.39, 0.29) is 11.7 Å². The third kappa shape index (κ3) is 4.23. The second kappa shape index (κ2) is 8.49. The minimum Gasteiger partial charge on any atom is -0.337 e. The Morgan fingerprint density at radius 2 is 1.94 bits per heavy atom. The van der Waals surface area contributed by atoms with Crippen LogP contribution in [0.25, 0.3) is 5.78 Å². The number of likely N-dealkylation sites (tertiary alicyclic amines) is 1. The van der Waals surface area contributed by atoms with E-state index in [0.717, 1.165) is 35.4 Å². The number of benzene rings is 1. The molecule has 0 radical (unpaired) electrons. The molecule has 32 heavy (non-hydrogen) atoms. The summed E-state index contributed by atoms with van der Waals surface area (Å²) in [7, 11) is 0. The van der Waals surface area contributed by atoms with Crippen LogP contribution in [0, 0.1) is 12.7 Å². The van der Waals surface area contributed by atoms with Crippen LogP contribution in [0.4, 0.5) is 4.39 Å². The molecule has 0 N–H and O–H groups in total. The van der Waals surface area contributed by atoms with Gasteiger partial charge in [-0.15, -0.1) is 0 Å². The maximum Gasteiger partial charge on any atom is 0.274 e. The van der Waals surface area contributed by atoms with Gasteiger partial charge in [0.1, 0.15) is 11.5 Å². The zero-order chi connectivity index (χ0) is 22.1. The van der Waals surface area contributed by atoms with Gasteiger partial charge in [-0.2, -0.15) is 0 Å². The van der Waals surface area contributed by atoms with Crippen molar-refractivity contribution in [2.75, 3.05) is 13.1 Å². The van der Waals surface area contributed by atoms with Crippen molar-refractivity contribution in [3.05, 3.63) is 95.1 Å². The standard InChI is InChI=1S/C25H24FN5O/c1-17-12-19(13-18-4-2-5-21(26)14-18)15-22(28-17)20-6-10-30(11-7-20)24(32)23-16-31-9-3-8-27-25(31)29-23/h2-5,8-9,12,14-16,20H,6-7,10-11,13H2,1H3. The molecule has 1 saturated heterocycles. The van der Waals surface area contributed by atoms with E-state index in [0.29, 0.717) is 36.9 Å². The van der Waals surface area contributed by atoms with Crippen molar-refractivity contribution in [3.63, 3.8) is 0 Å². The van der Waals surface area contributed by atoms with E-state index < -0.39 is 0 Å². The Kier molecular flexibility index (Phi) is 5.39. The molecule has 1 fully saturated rings. The fourth-order valence-electron chi connectivity index (χ4n) is 4.44. The summed E-state index contributed by atoms with van der Waals surface area (Å²) < 4.78 is 15.3. The van der Waals surface area contributed by atoms with E-state index >= 15 is 0 Å². The van der Waals surface area contributed by atoms with E-state index in [1.54, 1.807) is 28.9 Å². The van der Waals surface area contributed by atoms with Gasteiger partial charge in [-0.05, 0) is 67.6 Å². The summed E-state index contributed by atoms with van der Waals surface area (Å²) >= 11 is 0. The second-order valence-corrected chi connectivity index (χ2v) is 8.37. The van der Waals surface area contributed by atoms with E-state index in [4.69, 9.17) is 4.98 Å². The number of hydrogen-bond acceptors (Lipinski definition) is 4. The molecule has 6 nitrogen and oxygen atoms in total. The molecule has 1 aliphatic rings. The van der Waals surface area contributed by atoms with Crippen molar-refractivity contribution in [1.82, 2.24) is 24.3 Å². The van der Waals surface area contributed by atoms with Crippen LogP contribution >= 0.6 is 0 Å². The fraction of sp³-hybridized carbons (Fsp3) is 0.280. The summed E-state index contributed by atoms with van der Waals surface area (Å²) in [5.41, 5.74) is 4.52. The minimum atomic E-state index is -0.216. The smallest absolute Gasteiger partial charge is 0.274 e. The number of fused-ring (bicyclic) bond motifs is 1. The van der Waals surface area contributed by atoms with Crippen LogP contribution in [-0.2, 0) is 6.42 Å². The minimum absolute atomic E-state index is 0.0575. The van der Waals surface area contributed by atoms with Crippen molar-refractivity contribution in [2.24, 2.45) is 0 Å². The number of aromatic nitrogens is 4. The second-order valence-electron chi connectivity index (χ2n) is 8.37. The first-order valence-corrected chi connectivity index (χ1v) is 10.9. The molecule has 0 bridgehead atoms. The highest BCUT2D eigenvalue weighted by atomic mass is 19.1. The SMILES string of the molecule is Cc1cc(Cc2cccc(F)c2)cc(C2CCN(C(=O)c3cn4cccnc4n3)CC2)n1. The zero-order valence-electron chi connectivity index (χ0n) is 17.9. The van der Waals surface area contributed by atoms with Gasteiger partial charge < -0.3 is 4.90 Å². The van der Waals surface area contributed by atoms with Gasteiger partial charge in [0, 0.05) is 49.0 Å². The summed E-state index contributed by atoms with van der Waals surface area (Å²) in [4.78, 5) is 28.1. The molecule has 7 heteroatoms. The topological polar surface area (TPSA) is 63.4 Å². The van der Waals surface area contributed by atoms with Gasteiger partial charge in [0.2, 0.25) is 5.78 Å². The van der Waals surface area contributed by atoms with Crippen LogP contribution in [0.2, 0.25) is 0 Å². The molecular weight excluding hydrogens is 405 g/mol. The first kappa shape index (κ1) is 20.3. The Bertz CT molecular complexity index is 1240. The molecule has 5 rings (SSSR count). The maximum absolute atomic E-state index is 13.6. The van der Waals surface area contributed by atoms with Crippen LogP contribution in [0.3, 0.4) is 0 Å². The van der Waals surface area contributed by atoms with E-state index in [1.807, 2.05) is 30.2 Å². The van der Waals surface area contributed by atoms with Crippen molar-refractivity contribution in [1.29, 1.82) is 0 Å². The first-order chi connectivity index (χ1) is 15.5. The number of nitrogens with zero attached hydrogens (tertiary/aromatic N) is 5. The molecule has 4 heterocycles. The number of halogens is 1. The third-order valence-corrected chi connectivity index (χ3v) is 5.99. The summed E-state index contributed by atoms with van der Waals surface area (Å²) in [6.07, 6.45) is 7.62. The van der Waals surface area contributed by atoms with E-state index in [1.165, 1.54) is 6.07 Å². The average Bonchev–Trinajstić information content (AvgIpc) is 3.23. The number of imidazole rings is 1. The summed E-state index contributed by atoms with van der Waals surface area (Å²) in [5, 5.41) is 0. The monoisotopic (exact) mass is 429 g/mol. The van der Waals surface area contributed by atoms with Gasteiger partial charge in [0.15, 0.2) is 0 Å². The predicted molar refractivity (Wildman–Crippen MR) is 119 cm³/mol. The Hall–Kier alpha value is -3.61. The van der Waals surface area contributed by atoms with Gasteiger partial charge >= 0.3 is 0 Å². The number of aryl methyl sites for hydroxylation is 1. The number of hydrogen-bond donors (Lipinski definition) is 0. The molecule has 1 aliphatic heterocycles. The molecular formula is C25H24FN5O. The molecule has 3 aromatic heterocycles. The van der Waals surface area contributed by atoms with Crippen molar-refractivity contribution >= 4 is 11.7 Å². The number of pyridine rings is 1. The van der Waals surface area contributed by atoms with Gasteiger partial charge in [-0.25, -0.2) is 14.4 Å². The van der Waals surface area contributed by atoms with Crippen molar-refractivity contribution < 1.29 is 9.18 Å². The molecule has 0 saturated carbocycles. The molecule has 0 aliphatic carbocycles. The van der Waals surface area contributed by atoms with Crippen LogP contribution in [0.5, 0.6) is 0 Å². The lowest BCUT2D eigenvalue weighted by Gasteiger charge is -2.31. The largest absolute Gasteiger partial charge is 0.337 e. The number of carbonyl (C=O) groups excluding carboxylic acids is 1. The third-order valence-electron chi connectivity index (χ3n) is 5.99. The van der Waals surface area contributed by atoms with Gasteiger partial charge in [-0.3, -0.25) is 14.2 Å². The van der Waals surface area contributed by atoms with E-state index in [2.05, 4.69) is 22.1 Å². The lowest BCUT2D eigenvalue weighted by molar-refractivity contribution is 0.0706. The molecule has 0 spiro atoms. The Morgan fingerprint density at radius 1 is 1.09 bits per heavy atom. The van der Waals surface area contributed by atoms with Crippen molar-refractivity contribution in [3.8, 4) is 0 Å². The van der Waals surface area contributed by atoms with Crippen LogP contribution in [0.1, 0.15) is 51.8 Å². The molecule has 1 amide bonds. The molecule has 0 unspecified atom stereocenters. The summed E-state index contributed by atoms with van der Waals surface area (Å²) in [6, 6.07) is 12.7. The summed E-state index contributed by atoms with van der Waals surface area (Å²) in [5.74, 6) is 0.554. The quantitative estimate of drug-likeness (QED) is 0.488. The first-order valence-electron chi connectivity index (χ1n) is 10.9. The number of piperidine rings is 1. The summed E-state index contributed by atoms with van der Waals surface area (Å²) in [6.45, 7) is 3.33. The highest BCUT2D eigenvalue weighted by Gasteiger charge is 2.27. The average molecular weight is 429 g/mol. The zero-order valence-corrected chi connectivity index (χ0v) is 17.9. The fourth-order valence-corrected chi connectivity index (χ4v) is 4.44. The highest BCUT2D eigenvalue weighted by Crippen LogP contribution is 2.29. The van der Waals surface area contributed by atoms with Crippen LogP contribution in [-0.4, -0.2) is 43.2 Å². The normalized spacial score (nSPS) is 14.8. The number of rotatable bonds is 4. The molecule has 162 valence electrons. The molecule has 0 atom stereocenters. The maximum atomic E-state index is 13.6. The van der Waals surface area contributed by atoms with E-state index in [9.17, 15) is 9.18 Å². The lowest BCUT2D eigenvalue weighted by atomic mass is 9.91. The van der Waals surface area contributed by atoms with Gasteiger partial charge in [0.25, 0.3) is 5.91 Å². The molecule has 1 aromatic carbocycles. The van der Waals surface area contributed by atoms with Crippen molar-refractivity contribution in [2.45, 2.75) is 32.1 Å².